The van der Waals surface area contributed by atoms with Gasteiger partial charge in [-0.05, 0) is 80.1 Å². The predicted molar refractivity (Wildman–Crippen MR) is 192 cm³/mol. The Labute approximate surface area is 298 Å². The molecule has 3 aromatic rings. The summed E-state index contributed by atoms with van der Waals surface area (Å²) in [5.74, 6) is 0.445. The summed E-state index contributed by atoms with van der Waals surface area (Å²) in [6.07, 6.45) is 2.42. The zero-order chi connectivity index (χ0) is 36.9. The van der Waals surface area contributed by atoms with Gasteiger partial charge >= 0.3 is 18.0 Å². The number of para-hydroxylation sites is 1. The van der Waals surface area contributed by atoms with Crippen LogP contribution in [0.25, 0.3) is 0 Å². The number of anilines is 2. The van der Waals surface area contributed by atoms with Crippen LogP contribution < -0.4 is 30.2 Å². The van der Waals surface area contributed by atoms with Crippen LogP contribution >= 0.6 is 0 Å². The summed E-state index contributed by atoms with van der Waals surface area (Å²) in [5, 5.41) is 18.8. The van der Waals surface area contributed by atoms with E-state index in [2.05, 4.69) is 16.0 Å². The highest BCUT2D eigenvalue weighted by Gasteiger charge is 2.53. The highest BCUT2D eigenvalue weighted by molar-refractivity contribution is 6.07. The highest BCUT2D eigenvalue weighted by atomic mass is 16.5. The van der Waals surface area contributed by atoms with Gasteiger partial charge in [0.15, 0.2) is 11.5 Å². The molecule has 51 heavy (non-hydrogen) atoms. The van der Waals surface area contributed by atoms with Crippen molar-refractivity contribution in [1.29, 1.82) is 0 Å². The molecule has 13 nitrogen and oxygen atoms in total. The van der Waals surface area contributed by atoms with Crippen molar-refractivity contribution in [2.75, 3.05) is 38.5 Å². The first kappa shape index (κ1) is 37.0. The molecule has 272 valence electrons. The number of carbonyl (C=O) groups excluding carboxylic acids is 3. The third-order valence-electron chi connectivity index (χ3n) is 9.56. The Morgan fingerprint density at radius 2 is 1.59 bits per heavy atom. The Morgan fingerprint density at radius 3 is 2.24 bits per heavy atom. The van der Waals surface area contributed by atoms with Crippen LogP contribution in [-0.2, 0) is 16.1 Å². The van der Waals surface area contributed by atoms with E-state index in [-0.39, 0.29) is 25.4 Å². The zero-order valence-corrected chi connectivity index (χ0v) is 29.9. The lowest BCUT2D eigenvalue weighted by atomic mass is 10.00. The molecule has 1 aliphatic carbocycles. The number of benzene rings is 3. The number of carboxylic acids is 1. The number of hydrogen-bond donors (Lipinski definition) is 4. The third kappa shape index (κ3) is 8.54. The number of nitrogens with zero attached hydrogens (tertiary/aromatic N) is 2. The van der Waals surface area contributed by atoms with E-state index in [1.807, 2.05) is 31.2 Å². The molecule has 1 saturated carbocycles. The van der Waals surface area contributed by atoms with Crippen molar-refractivity contribution in [3.05, 3.63) is 77.4 Å². The predicted octanol–water partition coefficient (Wildman–Crippen LogP) is 6.18. The summed E-state index contributed by atoms with van der Waals surface area (Å²) < 4.78 is 16.4. The molecule has 0 bridgehead atoms. The molecular formula is C38H47N5O8. The van der Waals surface area contributed by atoms with Crippen molar-refractivity contribution in [3.8, 4) is 17.2 Å². The Bertz CT molecular complexity index is 1770. The average molecular weight is 702 g/mol. The lowest BCUT2D eigenvalue weighted by Gasteiger charge is -2.29. The standard InChI is InChI=1S/C38H47N5O8/c1-23-9-7-8-10-28(23)40-36(47)41-29-15-13-25(18-32(29)50-5)22-42-37(48)43(35(46)38(42,2)3)27(17-24-11-12-24)21-39-30(20-34(44)45)26-14-16-31(49-4)33(19-26)51-6/h7-10,13-16,18-19,24,27,30,39H,11-12,17,20-22H2,1-6H3,(H,44,45)(H2,40,41,47). The van der Waals surface area contributed by atoms with Crippen LogP contribution in [0.15, 0.2) is 60.7 Å². The normalized spacial score (nSPS) is 16.4. The molecule has 5 rings (SSSR count). The first-order valence-corrected chi connectivity index (χ1v) is 17.0. The lowest BCUT2D eigenvalue weighted by molar-refractivity contribution is -0.138. The van der Waals surface area contributed by atoms with Gasteiger partial charge in [-0.25, -0.2) is 9.59 Å². The molecule has 2 fully saturated rings. The van der Waals surface area contributed by atoms with Crippen molar-refractivity contribution < 1.29 is 38.5 Å². The van der Waals surface area contributed by atoms with Gasteiger partial charge in [0.1, 0.15) is 11.3 Å². The molecule has 13 heteroatoms. The second-order valence-electron chi connectivity index (χ2n) is 13.5. The summed E-state index contributed by atoms with van der Waals surface area (Å²) in [6, 6.07) is 15.9. The molecule has 1 heterocycles. The first-order chi connectivity index (χ1) is 24.4. The number of nitrogens with one attached hydrogen (secondary N) is 3. The number of imide groups is 1. The molecular weight excluding hydrogens is 654 g/mol. The fourth-order valence-electron chi connectivity index (χ4n) is 6.41. The largest absolute Gasteiger partial charge is 0.495 e. The average Bonchev–Trinajstić information content (AvgIpc) is 3.91. The van der Waals surface area contributed by atoms with E-state index >= 15 is 0 Å². The molecule has 2 atom stereocenters. The van der Waals surface area contributed by atoms with Gasteiger partial charge in [-0.2, -0.15) is 0 Å². The number of rotatable bonds is 16. The Morgan fingerprint density at radius 1 is 0.902 bits per heavy atom. The number of aryl methyl sites for hydroxylation is 1. The molecule has 1 saturated heterocycles. The van der Waals surface area contributed by atoms with E-state index in [0.29, 0.717) is 52.1 Å². The van der Waals surface area contributed by atoms with Crippen LogP contribution in [0.3, 0.4) is 0 Å². The summed E-state index contributed by atoms with van der Waals surface area (Å²) in [6.45, 7) is 5.70. The molecule has 0 radical (unpaired) electrons. The topological polar surface area (TPSA) is 159 Å². The summed E-state index contributed by atoms with van der Waals surface area (Å²) >= 11 is 0. The van der Waals surface area contributed by atoms with Gasteiger partial charge in [-0.1, -0.05) is 43.2 Å². The minimum atomic E-state index is -1.15. The lowest BCUT2D eigenvalue weighted by Crippen LogP contribution is -2.48. The Balaban J connectivity index is 1.33. The van der Waals surface area contributed by atoms with Gasteiger partial charge in [-0.3, -0.25) is 14.5 Å². The second kappa shape index (κ2) is 15.7. The minimum absolute atomic E-state index is 0.122. The summed E-state index contributed by atoms with van der Waals surface area (Å²) in [5.41, 5.74) is 2.28. The Kier molecular flexibility index (Phi) is 11.4. The second-order valence-corrected chi connectivity index (χ2v) is 13.5. The third-order valence-corrected chi connectivity index (χ3v) is 9.56. The smallest absolute Gasteiger partial charge is 0.328 e. The SMILES string of the molecule is COc1cc(CN2C(=O)N(C(CNC(CC(=O)O)c3ccc(OC)c(OC)c3)CC3CC3)C(=O)C2(C)C)ccc1NC(=O)Nc1ccccc1C. The number of ether oxygens (including phenoxy) is 3. The van der Waals surface area contributed by atoms with Crippen LogP contribution in [-0.4, -0.2) is 78.3 Å². The fourth-order valence-corrected chi connectivity index (χ4v) is 6.41. The number of amides is 5. The van der Waals surface area contributed by atoms with Crippen molar-refractivity contribution >= 4 is 35.3 Å². The van der Waals surface area contributed by atoms with Crippen LogP contribution in [0.2, 0.25) is 0 Å². The summed E-state index contributed by atoms with van der Waals surface area (Å²) in [7, 11) is 4.53. The molecule has 1 aliphatic heterocycles. The molecule has 3 aromatic carbocycles. The number of methoxy groups -OCH3 is 3. The van der Waals surface area contributed by atoms with Gasteiger partial charge in [0, 0.05) is 24.8 Å². The maximum Gasteiger partial charge on any atom is 0.328 e. The maximum absolute atomic E-state index is 14.2. The van der Waals surface area contributed by atoms with Crippen LogP contribution in [0.4, 0.5) is 21.0 Å². The number of urea groups is 2. The van der Waals surface area contributed by atoms with Crippen LogP contribution in [0.5, 0.6) is 17.2 Å². The molecule has 5 amide bonds. The quantitative estimate of drug-likeness (QED) is 0.128. The van der Waals surface area contributed by atoms with Gasteiger partial charge in [0.05, 0.1) is 39.5 Å². The van der Waals surface area contributed by atoms with E-state index in [4.69, 9.17) is 14.2 Å². The minimum Gasteiger partial charge on any atom is -0.495 e. The van der Waals surface area contributed by atoms with Crippen molar-refractivity contribution in [3.63, 3.8) is 0 Å². The van der Waals surface area contributed by atoms with E-state index in [1.54, 1.807) is 55.1 Å². The number of hydrogen-bond acceptors (Lipinski definition) is 8. The number of carboxylic acid groups (broad SMARTS) is 1. The molecule has 2 aliphatic rings. The Hall–Kier alpha value is -5.30. The molecule has 0 spiro atoms. The summed E-state index contributed by atoms with van der Waals surface area (Å²) in [4.78, 5) is 55.8. The van der Waals surface area contributed by atoms with Crippen LogP contribution in [0.1, 0.15) is 62.3 Å². The van der Waals surface area contributed by atoms with Crippen molar-refractivity contribution in [2.24, 2.45) is 5.92 Å². The van der Waals surface area contributed by atoms with Gasteiger partial charge in [0.25, 0.3) is 5.91 Å². The van der Waals surface area contributed by atoms with E-state index in [0.717, 1.165) is 18.4 Å². The number of carbonyl (C=O) groups is 4. The highest BCUT2D eigenvalue weighted by Crippen LogP contribution is 2.39. The van der Waals surface area contributed by atoms with E-state index < -0.39 is 35.7 Å². The molecule has 2 unspecified atom stereocenters. The van der Waals surface area contributed by atoms with Gasteiger partial charge in [-0.15, -0.1) is 0 Å². The molecule has 4 N–H and O–H groups in total. The molecule has 0 aromatic heterocycles. The van der Waals surface area contributed by atoms with Crippen molar-refractivity contribution in [2.45, 2.75) is 70.6 Å². The van der Waals surface area contributed by atoms with E-state index in [9.17, 15) is 24.3 Å². The fraction of sp³-hybridized carbons (Fsp3) is 0.421. The number of aliphatic carboxylic acids is 1. The maximum atomic E-state index is 14.2. The monoisotopic (exact) mass is 701 g/mol. The van der Waals surface area contributed by atoms with E-state index in [1.165, 1.54) is 26.2 Å². The zero-order valence-electron chi connectivity index (χ0n) is 29.9. The van der Waals surface area contributed by atoms with Gasteiger partial charge in [0.2, 0.25) is 0 Å². The van der Waals surface area contributed by atoms with Crippen molar-refractivity contribution in [1.82, 2.24) is 15.1 Å². The van der Waals surface area contributed by atoms with Crippen LogP contribution in [0, 0.1) is 12.8 Å². The first-order valence-electron chi connectivity index (χ1n) is 17.0. The van der Waals surface area contributed by atoms with Gasteiger partial charge < -0.3 is 40.2 Å².